The second kappa shape index (κ2) is 9.94. The molecular formula is C12H23FO2. The molecule has 0 bridgehead atoms. The number of alkyl halides is 1. The number of carbonyl (C=O) groups is 1. The maximum absolute atomic E-state index is 11.7. The minimum absolute atomic E-state index is 0.199. The van der Waals surface area contributed by atoms with Crippen LogP contribution in [0, 0.1) is 5.92 Å². The fraction of sp³-hybridized carbons (Fsp3) is 0.917. The summed E-state index contributed by atoms with van der Waals surface area (Å²) in [6.07, 6.45) is 7.46. The number of carboxylic acids is 1. The predicted molar refractivity (Wildman–Crippen MR) is 59.7 cm³/mol. The lowest BCUT2D eigenvalue weighted by Gasteiger charge is -2.07. The van der Waals surface area contributed by atoms with Crippen molar-refractivity contribution in [1.29, 1.82) is 0 Å². The SMILES string of the molecule is CC(CCCCCCCCF)CC(=O)O. The zero-order valence-electron chi connectivity index (χ0n) is 9.67. The van der Waals surface area contributed by atoms with Crippen molar-refractivity contribution in [3.8, 4) is 0 Å². The first-order valence-corrected chi connectivity index (χ1v) is 5.94. The molecule has 0 radical (unpaired) electrons. The van der Waals surface area contributed by atoms with Crippen molar-refractivity contribution in [2.75, 3.05) is 6.67 Å². The standard InChI is InChI=1S/C12H23FO2/c1-11(10-12(14)15)8-6-4-2-3-5-7-9-13/h11H,2-10H2,1H3,(H,14,15). The minimum atomic E-state index is -0.703. The highest BCUT2D eigenvalue weighted by Gasteiger charge is 2.06. The Balaban J connectivity index is 3.13. The van der Waals surface area contributed by atoms with Crippen LogP contribution in [-0.2, 0) is 4.79 Å². The van der Waals surface area contributed by atoms with Gasteiger partial charge in [0.05, 0.1) is 6.67 Å². The summed E-state index contributed by atoms with van der Waals surface area (Å²) in [7, 11) is 0. The molecule has 1 atom stereocenters. The molecule has 3 heteroatoms. The molecule has 0 saturated heterocycles. The maximum Gasteiger partial charge on any atom is 0.303 e. The number of carboxylic acid groups (broad SMARTS) is 1. The van der Waals surface area contributed by atoms with Crippen LogP contribution in [0.5, 0.6) is 0 Å². The van der Waals surface area contributed by atoms with Crippen molar-refractivity contribution in [3.05, 3.63) is 0 Å². The van der Waals surface area contributed by atoms with Crippen LogP contribution < -0.4 is 0 Å². The van der Waals surface area contributed by atoms with Gasteiger partial charge in [0.2, 0.25) is 0 Å². The normalized spacial score (nSPS) is 12.7. The van der Waals surface area contributed by atoms with E-state index in [2.05, 4.69) is 0 Å². The molecule has 2 nitrogen and oxygen atoms in total. The molecule has 90 valence electrons. The molecule has 0 aliphatic rings. The van der Waals surface area contributed by atoms with Crippen LogP contribution in [-0.4, -0.2) is 17.8 Å². The maximum atomic E-state index is 11.7. The fourth-order valence-corrected chi connectivity index (χ4v) is 1.69. The van der Waals surface area contributed by atoms with E-state index in [1.165, 1.54) is 0 Å². The molecular weight excluding hydrogens is 195 g/mol. The van der Waals surface area contributed by atoms with E-state index in [4.69, 9.17) is 5.11 Å². The zero-order valence-corrected chi connectivity index (χ0v) is 9.67. The number of unbranched alkanes of at least 4 members (excludes halogenated alkanes) is 5. The van der Waals surface area contributed by atoms with E-state index in [0.29, 0.717) is 6.42 Å². The van der Waals surface area contributed by atoms with E-state index in [-0.39, 0.29) is 19.0 Å². The summed E-state index contributed by atoms with van der Waals surface area (Å²) in [5, 5.41) is 8.55. The lowest BCUT2D eigenvalue weighted by Crippen LogP contribution is -2.03. The van der Waals surface area contributed by atoms with Gasteiger partial charge in [0, 0.05) is 6.42 Å². The van der Waals surface area contributed by atoms with Crippen LogP contribution in [0.25, 0.3) is 0 Å². The van der Waals surface area contributed by atoms with E-state index >= 15 is 0 Å². The summed E-state index contributed by atoms with van der Waals surface area (Å²) in [6.45, 7) is 1.78. The third-order valence-electron chi connectivity index (χ3n) is 2.60. The first kappa shape index (κ1) is 14.4. The summed E-state index contributed by atoms with van der Waals surface area (Å²) < 4.78 is 11.7. The van der Waals surface area contributed by atoms with Crippen LogP contribution in [0.4, 0.5) is 4.39 Å². The smallest absolute Gasteiger partial charge is 0.303 e. The summed E-state index contributed by atoms with van der Waals surface area (Å²) in [5.41, 5.74) is 0. The molecule has 0 saturated carbocycles. The van der Waals surface area contributed by atoms with Crippen molar-refractivity contribution in [2.24, 2.45) is 5.92 Å². The molecule has 0 fully saturated rings. The van der Waals surface area contributed by atoms with Gasteiger partial charge >= 0.3 is 5.97 Å². The number of halogens is 1. The third-order valence-corrected chi connectivity index (χ3v) is 2.60. The Hall–Kier alpha value is -0.600. The highest BCUT2D eigenvalue weighted by molar-refractivity contribution is 5.66. The molecule has 0 heterocycles. The lowest BCUT2D eigenvalue weighted by atomic mass is 9.99. The van der Waals surface area contributed by atoms with Crippen molar-refractivity contribution in [3.63, 3.8) is 0 Å². The average molecular weight is 218 g/mol. The molecule has 0 aromatic rings. The predicted octanol–water partition coefficient (Wildman–Crippen LogP) is 3.80. The van der Waals surface area contributed by atoms with E-state index < -0.39 is 5.97 Å². The average Bonchev–Trinajstić information content (AvgIpc) is 2.15. The van der Waals surface area contributed by atoms with Crippen LogP contribution in [0.3, 0.4) is 0 Å². The molecule has 1 N–H and O–H groups in total. The Kier molecular flexibility index (Phi) is 9.54. The van der Waals surface area contributed by atoms with E-state index in [1.807, 2.05) is 6.92 Å². The Morgan fingerprint density at radius 3 is 2.20 bits per heavy atom. The molecule has 0 spiro atoms. The van der Waals surface area contributed by atoms with E-state index in [9.17, 15) is 9.18 Å². The summed E-state index contributed by atoms with van der Waals surface area (Å²) in [5.74, 6) is -0.418. The van der Waals surface area contributed by atoms with E-state index in [1.54, 1.807) is 0 Å². The Morgan fingerprint density at radius 2 is 1.67 bits per heavy atom. The number of aliphatic carboxylic acids is 1. The number of hydrogen-bond acceptors (Lipinski definition) is 1. The monoisotopic (exact) mass is 218 g/mol. The summed E-state index contributed by atoms with van der Waals surface area (Å²) in [4.78, 5) is 10.4. The molecule has 0 aliphatic heterocycles. The molecule has 15 heavy (non-hydrogen) atoms. The molecule has 0 aliphatic carbocycles. The first-order valence-electron chi connectivity index (χ1n) is 5.94. The quantitative estimate of drug-likeness (QED) is 0.566. The van der Waals surface area contributed by atoms with Gasteiger partial charge in [0.25, 0.3) is 0 Å². The zero-order chi connectivity index (χ0) is 11.5. The Bertz CT molecular complexity index is 160. The second-order valence-electron chi connectivity index (χ2n) is 4.30. The van der Waals surface area contributed by atoms with Gasteiger partial charge in [-0.3, -0.25) is 9.18 Å². The number of hydrogen-bond donors (Lipinski definition) is 1. The second-order valence-corrected chi connectivity index (χ2v) is 4.30. The van der Waals surface area contributed by atoms with Crippen molar-refractivity contribution in [1.82, 2.24) is 0 Å². The molecule has 0 amide bonds. The van der Waals surface area contributed by atoms with E-state index in [0.717, 1.165) is 38.5 Å². The van der Waals surface area contributed by atoms with Crippen molar-refractivity contribution >= 4 is 5.97 Å². The van der Waals surface area contributed by atoms with Crippen LogP contribution in [0.15, 0.2) is 0 Å². The minimum Gasteiger partial charge on any atom is -0.481 e. The highest BCUT2D eigenvalue weighted by atomic mass is 19.1. The fourth-order valence-electron chi connectivity index (χ4n) is 1.69. The summed E-state index contributed by atoms with van der Waals surface area (Å²) in [6, 6.07) is 0. The van der Waals surface area contributed by atoms with Crippen LogP contribution in [0.2, 0.25) is 0 Å². The largest absolute Gasteiger partial charge is 0.481 e. The van der Waals surface area contributed by atoms with Crippen LogP contribution >= 0.6 is 0 Å². The van der Waals surface area contributed by atoms with Gasteiger partial charge in [-0.2, -0.15) is 0 Å². The van der Waals surface area contributed by atoms with Gasteiger partial charge in [0.1, 0.15) is 0 Å². The lowest BCUT2D eigenvalue weighted by molar-refractivity contribution is -0.138. The molecule has 0 rings (SSSR count). The summed E-state index contributed by atoms with van der Waals surface area (Å²) >= 11 is 0. The topological polar surface area (TPSA) is 37.3 Å². The van der Waals surface area contributed by atoms with Crippen molar-refractivity contribution < 1.29 is 14.3 Å². The van der Waals surface area contributed by atoms with Gasteiger partial charge < -0.3 is 5.11 Å². The van der Waals surface area contributed by atoms with Gasteiger partial charge in [-0.05, 0) is 12.3 Å². The highest BCUT2D eigenvalue weighted by Crippen LogP contribution is 2.14. The Morgan fingerprint density at radius 1 is 1.13 bits per heavy atom. The molecule has 0 aromatic heterocycles. The first-order chi connectivity index (χ1) is 7.16. The van der Waals surface area contributed by atoms with Crippen molar-refractivity contribution in [2.45, 2.75) is 58.3 Å². The Labute approximate surface area is 91.9 Å². The van der Waals surface area contributed by atoms with Gasteiger partial charge in [0.15, 0.2) is 0 Å². The van der Waals surface area contributed by atoms with Gasteiger partial charge in [-0.1, -0.05) is 45.4 Å². The third kappa shape index (κ3) is 11.3. The van der Waals surface area contributed by atoms with Gasteiger partial charge in [-0.25, -0.2) is 0 Å². The molecule has 0 aromatic carbocycles. The number of rotatable bonds is 10. The van der Waals surface area contributed by atoms with Crippen LogP contribution in [0.1, 0.15) is 58.3 Å². The molecule has 1 unspecified atom stereocenters. The van der Waals surface area contributed by atoms with Gasteiger partial charge in [-0.15, -0.1) is 0 Å².